The lowest BCUT2D eigenvalue weighted by Crippen LogP contribution is -2.30. The van der Waals surface area contributed by atoms with E-state index >= 15 is 0 Å². The summed E-state index contributed by atoms with van der Waals surface area (Å²) >= 11 is 1.59. The fourth-order valence-corrected chi connectivity index (χ4v) is 4.85. The van der Waals surface area contributed by atoms with Crippen LogP contribution in [0.1, 0.15) is 50.5 Å². The summed E-state index contributed by atoms with van der Waals surface area (Å²) in [5.74, 6) is 1.06. The molecule has 31 heavy (non-hydrogen) atoms. The lowest BCUT2D eigenvalue weighted by Gasteiger charge is -2.23. The first-order chi connectivity index (χ1) is 15.1. The van der Waals surface area contributed by atoms with Crippen LogP contribution in [-0.2, 0) is 0 Å². The number of furan rings is 1. The van der Waals surface area contributed by atoms with Crippen LogP contribution in [0.3, 0.4) is 0 Å². The number of nitrogens with zero attached hydrogens (tertiary/aromatic N) is 3. The third-order valence-corrected chi connectivity index (χ3v) is 6.39. The van der Waals surface area contributed by atoms with Crippen LogP contribution in [0.4, 0.5) is 0 Å². The van der Waals surface area contributed by atoms with Gasteiger partial charge in [-0.2, -0.15) is 0 Å². The lowest BCUT2D eigenvalue weighted by atomic mass is 10.0. The van der Waals surface area contributed by atoms with E-state index in [1.165, 1.54) is 6.26 Å². The summed E-state index contributed by atoms with van der Waals surface area (Å²) in [5.41, 5.74) is 2.81. The lowest BCUT2D eigenvalue weighted by molar-refractivity contribution is 0.0735. The van der Waals surface area contributed by atoms with Crippen molar-refractivity contribution >= 4 is 23.5 Å². The van der Waals surface area contributed by atoms with Crippen molar-refractivity contribution in [1.29, 1.82) is 0 Å². The number of benzene rings is 1. The molecule has 3 aromatic heterocycles. The van der Waals surface area contributed by atoms with E-state index < -0.39 is 0 Å². The molecule has 1 amide bonds. The van der Waals surface area contributed by atoms with E-state index in [9.17, 15) is 9.59 Å². The van der Waals surface area contributed by atoms with Gasteiger partial charge in [-0.05, 0) is 50.1 Å². The van der Waals surface area contributed by atoms with E-state index in [0.29, 0.717) is 41.2 Å². The van der Waals surface area contributed by atoms with Crippen LogP contribution in [0, 0.1) is 6.92 Å². The van der Waals surface area contributed by atoms with Gasteiger partial charge in [0.05, 0.1) is 12.2 Å². The van der Waals surface area contributed by atoms with Gasteiger partial charge in [0.15, 0.2) is 12.0 Å². The van der Waals surface area contributed by atoms with Crippen LogP contribution in [0.25, 0.3) is 22.8 Å². The summed E-state index contributed by atoms with van der Waals surface area (Å²) in [6.45, 7) is 2.64. The molecule has 7 nitrogen and oxygen atoms in total. The number of thiazole rings is 1. The number of aromatic nitrogens is 2. The van der Waals surface area contributed by atoms with Crippen molar-refractivity contribution in [2.75, 3.05) is 6.54 Å². The topological polar surface area (TPSA) is 89.4 Å². The largest absolute Gasteiger partial charge is 0.453 e. The molecule has 1 aromatic carbocycles. The Morgan fingerprint density at radius 1 is 1.26 bits per heavy atom. The van der Waals surface area contributed by atoms with E-state index in [0.717, 1.165) is 23.5 Å². The Bertz CT molecular complexity index is 1240. The Kier molecular flexibility index (Phi) is 4.99. The van der Waals surface area contributed by atoms with Gasteiger partial charge >= 0.3 is 0 Å². The summed E-state index contributed by atoms with van der Waals surface area (Å²) in [6, 6.07) is 8.69. The molecule has 1 atom stereocenters. The van der Waals surface area contributed by atoms with E-state index in [4.69, 9.17) is 8.83 Å². The number of likely N-dealkylation sites (tertiary alicyclic amines) is 1. The van der Waals surface area contributed by atoms with E-state index in [1.807, 2.05) is 23.3 Å². The Morgan fingerprint density at radius 2 is 2.13 bits per heavy atom. The van der Waals surface area contributed by atoms with Crippen molar-refractivity contribution in [1.82, 2.24) is 14.9 Å². The van der Waals surface area contributed by atoms with E-state index in [-0.39, 0.29) is 17.7 Å². The summed E-state index contributed by atoms with van der Waals surface area (Å²) < 4.78 is 11.1. The quantitative estimate of drug-likeness (QED) is 0.404. The third-order valence-electron chi connectivity index (χ3n) is 5.32. The first-order valence-electron chi connectivity index (χ1n) is 9.96. The minimum absolute atomic E-state index is 0.0228. The number of aryl methyl sites for hydroxylation is 1. The van der Waals surface area contributed by atoms with Crippen LogP contribution in [0.15, 0.2) is 57.0 Å². The molecule has 156 valence electrons. The van der Waals surface area contributed by atoms with Crippen LogP contribution < -0.4 is 0 Å². The first kappa shape index (κ1) is 19.4. The number of carbonyl (C=O) groups is 2. The summed E-state index contributed by atoms with van der Waals surface area (Å²) in [7, 11) is 0. The molecule has 0 spiro atoms. The Labute approximate surface area is 182 Å². The maximum atomic E-state index is 13.6. The van der Waals surface area contributed by atoms with Gasteiger partial charge in [-0.1, -0.05) is 0 Å². The normalized spacial score (nSPS) is 16.0. The fraction of sp³-hybridized carbons (Fsp3) is 0.217. The third kappa shape index (κ3) is 3.70. The molecule has 0 bridgehead atoms. The maximum Gasteiger partial charge on any atom is 0.254 e. The number of amides is 1. The van der Waals surface area contributed by atoms with Crippen molar-refractivity contribution in [2.24, 2.45) is 0 Å². The summed E-state index contributed by atoms with van der Waals surface area (Å²) in [5, 5.41) is 2.98. The average Bonchev–Trinajstić information content (AvgIpc) is 3.59. The predicted octanol–water partition coefficient (Wildman–Crippen LogP) is 5.16. The zero-order valence-electron chi connectivity index (χ0n) is 16.8. The molecule has 0 unspecified atom stereocenters. The number of hydrogen-bond acceptors (Lipinski definition) is 7. The molecule has 1 aliphatic heterocycles. The second-order valence-corrected chi connectivity index (χ2v) is 8.33. The highest BCUT2D eigenvalue weighted by molar-refractivity contribution is 7.09. The number of aldehydes is 1. The monoisotopic (exact) mass is 433 g/mol. The molecule has 0 radical (unpaired) electrons. The second kappa shape index (κ2) is 7.96. The predicted molar refractivity (Wildman–Crippen MR) is 115 cm³/mol. The van der Waals surface area contributed by atoms with Gasteiger partial charge in [-0.25, -0.2) is 9.97 Å². The Balaban J connectivity index is 1.55. The highest BCUT2D eigenvalue weighted by atomic mass is 32.1. The number of carbonyl (C=O) groups excluding carboxylic acids is 2. The van der Waals surface area contributed by atoms with E-state index in [2.05, 4.69) is 9.97 Å². The maximum absolute atomic E-state index is 13.6. The Morgan fingerprint density at radius 3 is 2.84 bits per heavy atom. The zero-order valence-corrected chi connectivity index (χ0v) is 17.6. The molecule has 0 saturated carbocycles. The van der Waals surface area contributed by atoms with Gasteiger partial charge in [0.25, 0.3) is 5.91 Å². The summed E-state index contributed by atoms with van der Waals surface area (Å²) in [4.78, 5) is 35.3. The second-order valence-electron chi connectivity index (χ2n) is 7.44. The van der Waals surface area contributed by atoms with Crippen LogP contribution in [0.2, 0.25) is 0 Å². The van der Waals surface area contributed by atoms with Crippen LogP contribution in [0.5, 0.6) is 0 Å². The molecule has 1 aliphatic rings. The van der Waals surface area contributed by atoms with Gasteiger partial charge in [-0.15, -0.1) is 11.3 Å². The number of oxazole rings is 1. The van der Waals surface area contributed by atoms with Gasteiger partial charge in [-0.3, -0.25) is 9.59 Å². The number of hydrogen-bond donors (Lipinski definition) is 0. The molecule has 0 aliphatic carbocycles. The first-order valence-corrected chi connectivity index (χ1v) is 10.8. The zero-order chi connectivity index (χ0) is 21.4. The van der Waals surface area contributed by atoms with Gasteiger partial charge in [0.1, 0.15) is 17.0 Å². The molecule has 1 saturated heterocycles. The summed E-state index contributed by atoms with van der Waals surface area (Å²) in [6.07, 6.45) is 5.52. The smallest absolute Gasteiger partial charge is 0.254 e. The van der Waals surface area contributed by atoms with Crippen LogP contribution in [-0.4, -0.2) is 33.6 Å². The molecule has 5 rings (SSSR count). The number of rotatable bonds is 5. The minimum atomic E-state index is -0.0767. The van der Waals surface area contributed by atoms with Gasteiger partial charge < -0.3 is 13.7 Å². The molecule has 1 fully saturated rings. The molecule has 8 heteroatoms. The van der Waals surface area contributed by atoms with Crippen molar-refractivity contribution in [2.45, 2.75) is 25.8 Å². The fourth-order valence-electron chi connectivity index (χ4n) is 3.91. The molecular weight excluding hydrogens is 414 g/mol. The Hall–Kier alpha value is -3.52. The highest BCUT2D eigenvalue weighted by Crippen LogP contribution is 2.36. The molecule has 4 heterocycles. The van der Waals surface area contributed by atoms with Gasteiger partial charge in [0.2, 0.25) is 5.89 Å². The molecular formula is C23H19N3O4S. The van der Waals surface area contributed by atoms with Crippen LogP contribution >= 0.6 is 11.3 Å². The van der Waals surface area contributed by atoms with Gasteiger partial charge in [0, 0.05) is 34.3 Å². The van der Waals surface area contributed by atoms with Crippen molar-refractivity contribution in [3.05, 3.63) is 70.2 Å². The molecule has 4 aromatic rings. The average molecular weight is 433 g/mol. The SMILES string of the molecule is Cc1csc([C@H]2CCCN2C(=O)c2cc(-c3ccc(C=O)o3)cc(-c3ncco3)c2)n1. The van der Waals surface area contributed by atoms with Crippen molar-refractivity contribution < 1.29 is 18.4 Å². The minimum Gasteiger partial charge on any atom is -0.453 e. The van der Waals surface area contributed by atoms with E-state index in [1.54, 1.807) is 41.8 Å². The highest BCUT2D eigenvalue weighted by Gasteiger charge is 2.33. The standard InChI is InChI=1S/C23H19N3O4S/c1-14-13-31-22(25-14)19-3-2-7-26(19)23(28)17-10-15(20-5-4-18(12-27)30-20)9-16(11-17)21-24-6-8-29-21/h4-6,8-13,19H,2-3,7H2,1H3/t19-/m1/s1. The molecule has 0 N–H and O–H groups in total. The van der Waals surface area contributed by atoms with Crippen molar-refractivity contribution in [3.63, 3.8) is 0 Å². The van der Waals surface area contributed by atoms with Crippen molar-refractivity contribution in [3.8, 4) is 22.8 Å².